The predicted octanol–water partition coefficient (Wildman–Crippen LogP) is 2.89. The Balaban J connectivity index is 1.96. The molecule has 3 rings (SSSR count). The van der Waals surface area contributed by atoms with Gasteiger partial charge in [-0.25, -0.2) is 14.5 Å². The molecule has 1 saturated heterocycles. The smallest absolute Gasteiger partial charge is 0.338 e. The second kappa shape index (κ2) is 8.15. The van der Waals surface area contributed by atoms with Crippen LogP contribution in [0.2, 0.25) is 5.02 Å². The molecule has 0 aromatic heterocycles. The maximum absolute atomic E-state index is 12.8. The topological polar surface area (TPSA) is 113 Å². The number of barbiturate groups is 1. The zero-order valence-electron chi connectivity index (χ0n) is 15.1. The van der Waals surface area contributed by atoms with E-state index in [0.717, 1.165) is 11.0 Å². The number of esters is 1. The lowest BCUT2D eigenvalue weighted by molar-refractivity contribution is -0.122. The zero-order valence-corrected chi connectivity index (χ0v) is 15.9. The van der Waals surface area contributed by atoms with Crippen molar-refractivity contribution in [3.05, 3.63) is 64.2 Å². The van der Waals surface area contributed by atoms with Gasteiger partial charge in [-0.15, -0.1) is 0 Å². The fourth-order valence-electron chi connectivity index (χ4n) is 2.65. The van der Waals surface area contributed by atoms with E-state index in [1.165, 1.54) is 42.5 Å². The number of imide groups is 2. The maximum Gasteiger partial charge on any atom is 0.338 e. The first-order valence-electron chi connectivity index (χ1n) is 8.49. The molecule has 0 atom stereocenters. The van der Waals surface area contributed by atoms with Gasteiger partial charge in [0.15, 0.2) is 0 Å². The number of benzene rings is 2. The van der Waals surface area contributed by atoms with Crippen LogP contribution in [0.4, 0.5) is 10.5 Å². The molecule has 2 aromatic carbocycles. The molecule has 0 unspecified atom stereocenters. The molecule has 4 amide bonds. The minimum absolute atomic E-state index is 0.142. The first-order valence-corrected chi connectivity index (χ1v) is 8.86. The Kier molecular flexibility index (Phi) is 5.65. The van der Waals surface area contributed by atoms with Gasteiger partial charge >= 0.3 is 12.0 Å². The predicted molar refractivity (Wildman–Crippen MR) is 105 cm³/mol. The minimum atomic E-state index is -0.934. The van der Waals surface area contributed by atoms with Crippen molar-refractivity contribution >= 4 is 47.2 Å². The quantitative estimate of drug-likeness (QED) is 0.452. The van der Waals surface area contributed by atoms with E-state index >= 15 is 0 Å². The maximum atomic E-state index is 12.8. The van der Waals surface area contributed by atoms with Crippen molar-refractivity contribution in [1.29, 1.82) is 0 Å². The molecule has 0 saturated carbocycles. The number of anilines is 1. The number of phenols is 1. The first-order chi connectivity index (χ1) is 13.8. The standard InChI is InChI=1S/C20H15ClN2O6/c1-2-29-19(27)11-3-6-14(7-4-11)23-18(26)15(17(25)22-20(23)28)10-12-9-13(21)5-8-16(12)24/h3-10,24H,2H2,1H3,(H,22,25,28)/b15-10+. The molecule has 2 N–H and O–H groups in total. The monoisotopic (exact) mass is 414 g/mol. The summed E-state index contributed by atoms with van der Waals surface area (Å²) < 4.78 is 4.89. The van der Waals surface area contributed by atoms with Gasteiger partial charge in [0, 0.05) is 10.6 Å². The number of amides is 4. The molecule has 0 radical (unpaired) electrons. The number of aromatic hydroxyl groups is 1. The van der Waals surface area contributed by atoms with Gasteiger partial charge in [-0.2, -0.15) is 0 Å². The SMILES string of the molecule is CCOC(=O)c1ccc(N2C(=O)NC(=O)/C(=C\c3cc(Cl)ccc3O)C2=O)cc1. The molecular weight excluding hydrogens is 400 g/mol. The summed E-state index contributed by atoms with van der Waals surface area (Å²) in [4.78, 5) is 49.8. The van der Waals surface area contributed by atoms with Crippen LogP contribution in [0, 0.1) is 0 Å². The number of carbonyl (C=O) groups excluding carboxylic acids is 4. The summed E-state index contributed by atoms with van der Waals surface area (Å²) in [7, 11) is 0. The van der Waals surface area contributed by atoms with Crippen molar-refractivity contribution in [3.8, 4) is 5.75 Å². The summed E-state index contributed by atoms with van der Waals surface area (Å²) in [5.74, 6) is -2.52. The normalized spacial score (nSPS) is 15.4. The van der Waals surface area contributed by atoms with Gasteiger partial charge in [0.1, 0.15) is 11.3 Å². The average Bonchev–Trinajstić information content (AvgIpc) is 2.68. The number of phenolic OH excluding ortho intramolecular Hbond substituents is 1. The molecule has 1 aliphatic heterocycles. The van der Waals surface area contributed by atoms with E-state index in [9.17, 15) is 24.3 Å². The molecule has 1 aliphatic rings. The largest absolute Gasteiger partial charge is 0.507 e. The van der Waals surface area contributed by atoms with Gasteiger partial charge in [0.05, 0.1) is 17.9 Å². The molecule has 148 valence electrons. The van der Waals surface area contributed by atoms with E-state index in [0.29, 0.717) is 5.02 Å². The molecule has 29 heavy (non-hydrogen) atoms. The fraction of sp³-hybridized carbons (Fsp3) is 0.100. The Morgan fingerprint density at radius 1 is 1.17 bits per heavy atom. The van der Waals surface area contributed by atoms with E-state index in [-0.39, 0.29) is 34.7 Å². The summed E-state index contributed by atoms with van der Waals surface area (Å²) in [6.07, 6.45) is 1.14. The number of hydrogen-bond acceptors (Lipinski definition) is 6. The van der Waals surface area contributed by atoms with Crippen LogP contribution in [0.15, 0.2) is 48.0 Å². The Morgan fingerprint density at radius 3 is 2.52 bits per heavy atom. The third-order valence-electron chi connectivity index (χ3n) is 4.03. The molecule has 9 heteroatoms. The first kappa shape index (κ1) is 20.1. The van der Waals surface area contributed by atoms with Gasteiger partial charge in [-0.05, 0) is 55.5 Å². The fourth-order valence-corrected chi connectivity index (χ4v) is 2.83. The molecule has 8 nitrogen and oxygen atoms in total. The summed E-state index contributed by atoms with van der Waals surface area (Å²) in [6, 6.07) is 8.77. The summed E-state index contributed by atoms with van der Waals surface area (Å²) in [6.45, 7) is 1.88. The number of nitrogens with zero attached hydrogens (tertiary/aromatic N) is 1. The molecule has 0 bridgehead atoms. The molecule has 1 fully saturated rings. The van der Waals surface area contributed by atoms with Crippen LogP contribution in [-0.4, -0.2) is 35.5 Å². The van der Waals surface area contributed by atoms with E-state index in [4.69, 9.17) is 16.3 Å². The Morgan fingerprint density at radius 2 is 1.86 bits per heavy atom. The highest BCUT2D eigenvalue weighted by atomic mass is 35.5. The van der Waals surface area contributed by atoms with E-state index in [1.807, 2.05) is 0 Å². The Labute approximate surface area is 170 Å². The van der Waals surface area contributed by atoms with Gasteiger partial charge in [0.2, 0.25) is 0 Å². The minimum Gasteiger partial charge on any atom is -0.507 e. The van der Waals surface area contributed by atoms with Gasteiger partial charge in [-0.3, -0.25) is 14.9 Å². The molecule has 2 aromatic rings. The van der Waals surface area contributed by atoms with Gasteiger partial charge in [-0.1, -0.05) is 11.6 Å². The van der Waals surface area contributed by atoms with Crippen LogP contribution in [0.1, 0.15) is 22.8 Å². The van der Waals surface area contributed by atoms with E-state index < -0.39 is 23.8 Å². The number of rotatable bonds is 4. The molecule has 0 aliphatic carbocycles. The number of halogens is 1. The lowest BCUT2D eigenvalue weighted by atomic mass is 10.1. The molecule has 1 heterocycles. The Hall–Kier alpha value is -3.65. The second-order valence-corrected chi connectivity index (χ2v) is 6.36. The molecular formula is C20H15ClN2O6. The molecule has 0 spiro atoms. The highest BCUT2D eigenvalue weighted by Crippen LogP contribution is 2.27. The summed E-state index contributed by atoms with van der Waals surface area (Å²) in [5.41, 5.74) is 0.171. The van der Waals surface area contributed by atoms with Crippen molar-refractivity contribution < 1.29 is 29.0 Å². The number of carbonyl (C=O) groups is 4. The second-order valence-electron chi connectivity index (χ2n) is 5.93. The van der Waals surface area contributed by atoms with Crippen LogP contribution in [0.3, 0.4) is 0 Å². The van der Waals surface area contributed by atoms with Crippen LogP contribution >= 0.6 is 11.6 Å². The van der Waals surface area contributed by atoms with E-state index in [2.05, 4.69) is 5.32 Å². The van der Waals surface area contributed by atoms with E-state index in [1.54, 1.807) is 6.92 Å². The Bertz CT molecular complexity index is 1050. The van der Waals surface area contributed by atoms with Gasteiger partial charge < -0.3 is 9.84 Å². The average molecular weight is 415 g/mol. The zero-order chi connectivity index (χ0) is 21.1. The number of nitrogens with one attached hydrogen (secondary N) is 1. The van der Waals surface area contributed by atoms with Crippen LogP contribution in [0.25, 0.3) is 6.08 Å². The highest BCUT2D eigenvalue weighted by Gasteiger charge is 2.37. The van der Waals surface area contributed by atoms with Crippen molar-refractivity contribution in [3.63, 3.8) is 0 Å². The lowest BCUT2D eigenvalue weighted by Gasteiger charge is -2.26. The number of urea groups is 1. The highest BCUT2D eigenvalue weighted by molar-refractivity contribution is 6.39. The number of hydrogen-bond donors (Lipinski definition) is 2. The van der Waals surface area contributed by atoms with Crippen molar-refractivity contribution in [1.82, 2.24) is 5.32 Å². The van der Waals surface area contributed by atoms with Crippen molar-refractivity contribution in [2.45, 2.75) is 6.92 Å². The number of ether oxygens (including phenoxy) is 1. The lowest BCUT2D eigenvalue weighted by Crippen LogP contribution is -2.54. The summed E-state index contributed by atoms with van der Waals surface area (Å²) in [5, 5.41) is 12.3. The van der Waals surface area contributed by atoms with Crippen LogP contribution in [-0.2, 0) is 14.3 Å². The van der Waals surface area contributed by atoms with Gasteiger partial charge in [0.25, 0.3) is 11.8 Å². The third kappa shape index (κ3) is 4.12. The van der Waals surface area contributed by atoms with Crippen molar-refractivity contribution in [2.75, 3.05) is 11.5 Å². The van der Waals surface area contributed by atoms with Crippen LogP contribution in [0.5, 0.6) is 5.75 Å². The summed E-state index contributed by atoms with van der Waals surface area (Å²) >= 11 is 5.89. The third-order valence-corrected chi connectivity index (χ3v) is 4.26. The van der Waals surface area contributed by atoms with Crippen LogP contribution < -0.4 is 10.2 Å². The van der Waals surface area contributed by atoms with Crippen molar-refractivity contribution in [2.24, 2.45) is 0 Å².